The van der Waals surface area contributed by atoms with Gasteiger partial charge in [-0.1, -0.05) is 35.0 Å². The largest absolute Gasteiger partial charge is 0.399 e. The van der Waals surface area contributed by atoms with E-state index < -0.39 is 0 Å². The van der Waals surface area contributed by atoms with Crippen molar-refractivity contribution in [3.05, 3.63) is 65.0 Å². The summed E-state index contributed by atoms with van der Waals surface area (Å²) in [6.45, 7) is 4.05. The van der Waals surface area contributed by atoms with Gasteiger partial charge in [-0.2, -0.15) is 4.98 Å². The number of hydrogen-bond acceptors (Lipinski definition) is 4. The van der Waals surface area contributed by atoms with E-state index in [1.807, 2.05) is 31.2 Å². The normalized spacial score (nSPS) is 10.8. The quantitative estimate of drug-likeness (QED) is 0.745. The van der Waals surface area contributed by atoms with Crippen molar-refractivity contribution in [1.82, 2.24) is 10.1 Å². The van der Waals surface area contributed by atoms with Crippen molar-refractivity contribution in [2.75, 3.05) is 5.73 Å². The lowest BCUT2D eigenvalue weighted by atomic mass is 10.1. The fourth-order valence-corrected chi connectivity index (χ4v) is 2.37. The summed E-state index contributed by atoms with van der Waals surface area (Å²) in [6.07, 6.45) is 0.666. The number of hydrogen-bond donors (Lipinski definition) is 1. The number of aromatic nitrogens is 2. The first-order chi connectivity index (χ1) is 10.1. The van der Waals surface area contributed by atoms with Gasteiger partial charge in [0.1, 0.15) is 0 Å². The van der Waals surface area contributed by atoms with Crippen molar-refractivity contribution in [3.63, 3.8) is 0 Å². The highest BCUT2D eigenvalue weighted by Crippen LogP contribution is 2.24. The fourth-order valence-electron chi connectivity index (χ4n) is 2.37. The van der Waals surface area contributed by atoms with Crippen LogP contribution < -0.4 is 5.73 Å². The Morgan fingerprint density at radius 2 is 1.95 bits per heavy atom. The molecular formula is C17H17N3O. The van der Waals surface area contributed by atoms with Crippen LogP contribution in [-0.2, 0) is 6.42 Å². The van der Waals surface area contributed by atoms with E-state index in [1.54, 1.807) is 0 Å². The predicted octanol–water partition coefficient (Wildman–Crippen LogP) is 3.53. The SMILES string of the molecule is Cc1cccc(Cc2noc(-c3ccc(N)cc3C)n2)c1. The van der Waals surface area contributed by atoms with Crippen molar-refractivity contribution >= 4 is 5.69 Å². The van der Waals surface area contributed by atoms with Crippen LogP contribution in [0.1, 0.15) is 22.5 Å². The van der Waals surface area contributed by atoms with E-state index >= 15 is 0 Å². The molecule has 0 aliphatic carbocycles. The van der Waals surface area contributed by atoms with Gasteiger partial charge in [-0.15, -0.1) is 0 Å². The third-order valence-electron chi connectivity index (χ3n) is 3.39. The fraction of sp³-hybridized carbons (Fsp3) is 0.176. The molecule has 0 fully saturated rings. The second-order valence-electron chi connectivity index (χ2n) is 5.26. The summed E-state index contributed by atoms with van der Waals surface area (Å²) in [4.78, 5) is 4.48. The lowest BCUT2D eigenvalue weighted by molar-refractivity contribution is 0.423. The Morgan fingerprint density at radius 3 is 2.71 bits per heavy atom. The van der Waals surface area contributed by atoms with Gasteiger partial charge in [-0.05, 0) is 43.2 Å². The molecule has 0 spiro atoms. The summed E-state index contributed by atoms with van der Waals surface area (Å²) in [7, 11) is 0. The van der Waals surface area contributed by atoms with Crippen LogP contribution in [0.15, 0.2) is 47.0 Å². The second-order valence-corrected chi connectivity index (χ2v) is 5.26. The van der Waals surface area contributed by atoms with Crippen LogP contribution in [0, 0.1) is 13.8 Å². The van der Waals surface area contributed by atoms with Crippen molar-refractivity contribution in [2.24, 2.45) is 0 Å². The van der Waals surface area contributed by atoms with Gasteiger partial charge in [0.25, 0.3) is 5.89 Å². The van der Waals surface area contributed by atoms with Gasteiger partial charge in [-0.3, -0.25) is 0 Å². The molecule has 0 unspecified atom stereocenters. The van der Waals surface area contributed by atoms with Crippen molar-refractivity contribution in [3.8, 4) is 11.5 Å². The van der Waals surface area contributed by atoms with Gasteiger partial charge >= 0.3 is 0 Å². The average molecular weight is 279 g/mol. The van der Waals surface area contributed by atoms with E-state index in [4.69, 9.17) is 10.3 Å². The van der Waals surface area contributed by atoms with Crippen LogP contribution in [-0.4, -0.2) is 10.1 Å². The van der Waals surface area contributed by atoms with Crippen LogP contribution in [0.2, 0.25) is 0 Å². The maximum Gasteiger partial charge on any atom is 0.258 e. The monoisotopic (exact) mass is 279 g/mol. The van der Waals surface area contributed by atoms with Crippen LogP contribution in [0.4, 0.5) is 5.69 Å². The third kappa shape index (κ3) is 2.94. The van der Waals surface area contributed by atoms with Crippen LogP contribution in [0.3, 0.4) is 0 Å². The summed E-state index contributed by atoms with van der Waals surface area (Å²) < 4.78 is 5.37. The first-order valence-corrected chi connectivity index (χ1v) is 6.86. The summed E-state index contributed by atoms with van der Waals surface area (Å²) >= 11 is 0. The standard InChI is InChI=1S/C17H17N3O/c1-11-4-3-5-13(8-11)10-16-19-17(21-20-16)15-7-6-14(18)9-12(15)2/h3-9H,10,18H2,1-2H3. The molecule has 0 bridgehead atoms. The molecule has 4 heteroatoms. The molecule has 0 saturated heterocycles. The lowest BCUT2D eigenvalue weighted by Crippen LogP contribution is -1.92. The van der Waals surface area contributed by atoms with E-state index in [0.717, 1.165) is 16.8 Å². The molecule has 0 aliphatic heterocycles. The Balaban J connectivity index is 1.86. The van der Waals surface area contributed by atoms with Gasteiger partial charge < -0.3 is 10.3 Å². The molecule has 21 heavy (non-hydrogen) atoms. The van der Waals surface area contributed by atoms with Crippen molar-refractivity contribution in [2.45, 2.75) is 20.3 Å². The average Bonchev–Trinajstić information content (AvgIpc) is 2.87. The Labute approximate surface area is 123 Å². The molecule has 0 amide bonds. The number of rotatable bonds is 3. The van der Waals surface area contributed by atoms with E-state index in [0.29, 0.717) is 18.1 Å². The minimum absolute atomic E-state index is 0.537. The highest BCUT2D eigenvalue weighted by Gasteiger charge is 2.11. The van der Waals surface area contributed by atoms with Crippen LogP contribution >= 0.6 is 0 Å². The minimum Gasteiger partial charge on any atom is -0.399 e. The zero-order valence-electron chi connectivity index (χ0n) is 12.1. The maximum absolute atomic E-state index is 5.76. The number of nitrogens with zero attached hydrogens (tertiary/aromatic N) is 2. The molecule has 1 aromatic heterocycles. The molecule has 2 aromatic carbocycles. The highest BCUT2D eigenvalue weighted by molar-refractivity contribution is 5.62. The first kappa shape index (κ1) is 13.4. The van der Waals surface area contributed by atoms with E-state index in [9.17, 15) is 0 Å². The summed E-state index contributed by atoms with van der Waals surface area (Å²) in [5.74, 6) is 1.22. The highest BCUT2D eigenvalue weighted by atomic mass is 16.5. The molecule has 4 nitrogen and oxygen atoms in total. The number of aryl methyl sites for hydroxylation is 2. The Hall–Kier alpha value is -2.62. The van der Waals surface area contributed by atoms with Crippen molar-refractivity contribution in [1.29, 1.82) is 0 Å². The van der Waals surface area contributed by atoms with Crippen molar-refractivity contribution < 1.29 is 4.52 Å². The molecule has 2 N–H and O–H groups in total. The lowest BCUT2D eigenvalue weighted by Gasteiger charge is -2.01. The molecule has 3 aromatic rings. The van der Waals surface area contributed by atoms with E-state index in [2.05, 4.69) is 35.3 Å². The first-order valence-electron chi connectivity index (χ1n) is 6.86. The molecule has 0 radical (unpaired) electrons. The summed E-state index contributed by atoms with van der Waals surface area (Å²) in [5, 5.41) is 4.06. The van der Waals surface area contributed by atoms with Gasteiger partial charge in [0.2, 0.25) is 0 Å². The number of anilines is 1. The minimum atomic E-state index is 0.537. The third-order valence-corrected chi connectivity index (χ3v) is 3.39. The maximum atomic E-state index is 5.76. The molecule has 1 heterocycles. The predicted molar refractivity (Wildman–Crippen MR) is 82.9 cm³/mol. The van der Waals surface area contributed by atoms with Crippen LogP contribution in [0.5, 0.6) is 0 Å². The second kappa shape index (κ2) is 5.40. The molecule has 3 rings (SSSR count). The number of nitrogen functional groups attached to an aromatic ring is 1. The Kier molecular flexibility index (Phi) is 3.44. The molecular weight excluding hydrogens is 262 g/mol. The van der Waals surface area contributed by atoms with E-state index in [-0.39, 0.29) is 0 Å². The zero-order chi connectivity index (χ0) is 14.8. The number of benzene rings is 2. The van der Waals surface area contributed by atoms with Gasteiger partial charge in [0.15, 0.2) is 5.82 Å². The molecule has 0 aliphatic rings. The summed E-state index contributed by atoms with van der Waals surface area (Å²) in [5.41, 5.74) is 10.8. The Bertz CT molecular complexity index is 777. The van der Waals surface area contributed by atoms with Gasteiger partial charge in [-0.25, -0.2) is 0 Å². The smallest absolute Gasteiger partial charge is 0.258 e. The van der Waals surface area contributed by atoms with E-state index in [1.165, 1.54) is 11.1 Å². The topological polar surface area (TPSA) is 64.9 Å². The molecule has 106 valence electrons. The number of nitrogens with two attached hydrogens (primary N) is 1. The van der Waals surface area contributed by atoms with Gasteiger partial charge in [0, 0.05) is 17.7 Å². The van der Waals surface area contributed by atoms with Crippen LogP contribution in [0.25, 0.3) is 11.5 Å². The Morgan fingerprint density at radius 1 is 1.10 bits per heavy atom. The molecule has 0 saturated carbocycles. The van der Waals surface area contributed by atoms with Gasteiger partial charge in [0.05, 0.1) is 0 Å². The summed E-state index contributed by atoms with van der Waals surface area (Å²) in [6, 6.07) is 14.0. The molecule has 0 atom stereocenters. The zero-order valence-corrected chi connectivity index (χ0v) is 12.1.